The van der Waals surface area contributed by atoms with E-state index >= 15 is 0 Å². The molecule has 0 aliphatic heterocycles. The molecule has 1 fully saturated rings. The molecular formula is C38H43N2O7S-. The zero-order valence-corrected chi connectivity index (χ0v) is 28.0. The second-order valence-corrected chi connectivity index (χ2v) is 12.8. The fraction of sp³-hybridized carbons (Fsp3) is 0.342. The van der Waals surface area contributed by atoms with Crippen LogP contribution < -0.4 is 19.1 Å². The lowest BCUT2D eigenvalue weighted by Crippen LogP contribution is -2.39. The van der Waals surface area contributed by atoms with Crippen LogP contribution in [0.15, 0.2) is 103 Å². The van der Waals surface area contributed by atoms with Crippen LogP contribution in [0.4, 0.5) is 5.69 Å². The van der Waals surface area contributed by atoms with E-state index in [4.69, 9.17) is 14.2 Å². The van der Waals surface area contributed by atoms with E-state index in [1.165, 1.54) is 9.87 Å². The quantitative estimate of drug-likeness (QED) is 0.105. The Morgan fingerprint density at radius 3 is 2.23 bits per heavy atom. The first-order valence-electron chi connectivity index (χ1n) is 16.4. The number of aliphatic hydroxyl groups is 1. The Labute approximate surface area is 285 Å². The predicted molar refractivity (Wildman–Crippen MR) is 186 cm³/mol. The van der Waals surface area contributed by atoms with Crippen molar-refractivity contribution in [2.45, 2.75) is 63.8 Å². The summed E-state index contributed by atoms with van der Waals surface area (Å²) >= 11 is -2.59. The van der Waals surface area contributed by atoms with E-state index in [9.17, 15) is 18.7 Å². The molecule has 0 heterocycles. The van der Waals surface area contributed by atoms with Crippen molar-refractivity contribution in [1.82, 2.24) is 5.32 Å². The van der Waals surface area contributed by atoms with Gasteiger partial charge < -0.3 is 29.2 Å². The first-order valence-corrected chi connectivity index (χ1v) is 17.5. The van der Waals surface area contributed by atoms with Gasteiger partial charge in [-0.15, -0.1) is 0 Å². The van der Waals surface area contributed by atoms with Gasteiger partial charge in [0.1, 0.15) is 30.8 Å². The van der Waals surface area contributed by atoms with Gasteiger partial charge in [0.05, 0.1) is 24.4 Å². The average molecular weight is 672 g/mol. The van der Waals surface area contributed by atoms with Crippen molar-refractivity contribution in [2.75, 3.05) is 24.1 Å². The topological polar surface area (TPSA) is 120 Å². The van der Waals surface area contributed by atoms with Gasteiger partial charge in [-0.05, 0) is 79.5 Å². The Morgan fingerprint density at radius 1 is 0.917 bits per heavy atom. The third-order valence-electron chi connectivity index (χ3n) is 8.49. The molecule has 1 aliphatic rings. The molecule has 4 aromatic carbocycles. The minimum absolute atomic E-state index is 0.0397. The van der Waals surface area contributed by atoms with E-state index in [-0.39, 0.29) is 25.7 Å². The minimum Gasteiger partial charge on any atom is -0.755 e. The number of hydrogen-bond acceptors (Lipinski definition) is 8. The van der Waals surface area contributed by atoms with Crippen LogP contribution in [0.5, 0.6) is 11.5 Å². The van der Waals surface area contributed by atoms with Crippen LogP contribution in [0.3, 0.4) is 0 Å². The Morgan fingerprint density at radius 2 is 1.58 bits per heavy atom. The minimum atomic E-state index is -2.59. The maximum absolute atomic E-state index is 12.5. The Balaban J connectivity index is 1.15. The van der Waals surface area contributed by atoms with Crippen LogP contribution >= 0.6 is 0 Å². The van der Waals surface area contributed by atoms with E-state index in [1.54, 1.807) is 25.1 Å². The van der Waals surface area contributed by atoms with Crippen molar-refractivity contribution < 1.29 is 32.9 Å². The van der Waals surface area contributed by atoms with Crippen LogP contribution in [0.1, 0.15) is 65.6 Å². The number of esters is 1. The number of benzene rings is 4. The van der Waals surface area contributed by atoms with E-state index in [0.717, 1.165) is 36.8 Å². The maximum Gasteiger partial charge on any atom is 0.338 e. The van der Waals surface area contributed by atoms with Crippen LogP contribution in [0.2, 0.25) is 0 Å². The number of aliphatic hydroxyl groups excluding tert-OH is 1. The van der Waals surface area contributed by atoms with E-state index < -0.39 is 17.4 Å². The molecule has 0 aromatic heterocycles. The molecule has 48 heavy (non-hydrogen) atoms. The molecule has 5 rings (SSSR count). The molecule has 2 atom stereocenters. The maximum atomic E-state index is 12.5. The highest BCUT2D eigenvalue weighted by atomic mass is 32.2. The molecule has 0 saturated heterocycles. The van der Waals surface area contributed by atoms with Gasteiger partial charge in [0, 0.05) is 29.9 Å². The number of carbonyl (C=O) groups excluding carboxylic acids is 1. The predicted octanol–water partition coefficient (Wildman–Crippen LogP) is 6.30. The van der Waals surface area contributed by atoms with E-state index in [2.05, 4.69) is 5.32 Å². The largest absolute Gasteiger partial charge is 0.755 e. The fourth-order valence-electron chi connectivity index (χ4n) is 5.90. The monoisotopic (exact) mass is 671 g/mol. The number of hydrogen-bond donors (Lipinski definition) is 2. The lowest BCUT2D eigenvalue weighted by molar-refractivity contribution is 0.0526. The molecule has 1 aliphatic carbocycles. The number of nitrogens with one attached hydrogen (secondary N) is 1. The first kappa shape index (κ1) is 35.1. The summed E-state index contributed by atoms with van der Waals surface area (Å²) in [7, 11) is 0. The Kier molecular flexibility index (Phi) is 13.0. The molecule has 10 heteroatoms. The second-order valence-electron chi connectivity index (χ2n) is 11.9. The fourth-order valence-corrected chi connectivity index (χ4v) is 6.46. The lowest BCUT2D eigenvalue weighted by atomic mass is 9.81. The molecule has 2 N–H and O–H groups in total. The van der Waals surface area contributed by atoms with Gasteiger partial charge in [-0.1, -0.05) is 72.8 Å². The lowest BCUT2D eigenvalue weighted by Gasteiger charge is -2.30. The Hall–Kier alpha value is -4.22. The van der Waals surface area contributed by atoms with Crippen LogP contribution in [0, 0.1) is 0 Å². The van der Waals surface area contributed by atoms with Gasteiger partial charge in [0.2, 0.25) is 0 Å². The molecule has 254 valence electrons. The van der Waals surface area contributed by atoms with Crippen LogP contribution in [-0.2, 0) is 29.2 Å². The molecular weight excluding hydrogens is 628 g/mol. The van der Waals surface area contributed by atoms with Crippen LogP contribution in [0.25, 0.3) is 0 Å². The summed E-state index contributed by atoms with van der Waals surface area (Å²) < 4.78 is 43.3. The standard InChI is InChI=1S/C38H44N2O7S/c1-2-45-38(42)32-15-13-30(14-16-32)31-17-19-33(20-18-31)39-24-34(41)27-46-35-21-22-37(47-26-29-11-7-4-8-12-29)36(23-35)40(48(43)44)25-28-9-5-3-6-10-28/h3-16,21-23,31,33-34,39,41H,2,17-20,24-27H2,1H3,(H,43,44)/p-1/t31?,33?,34-/m0/s1. The summed E-state index contributed by atoms with van der Waals surface area (Å²) in [6.07, 6.45) is 3.24. The highest BCUT2D eigenvalue weighted by molar-refractivity contribution is 7.80. The number of ether oxygens (including phenoxy) is 3. The van der Waals surface area contributed by atoms with Crippen molar-refractivity contribution >= 4 is 22.9 Å². The zero-order chi connectivity index (χ0) is 33.7. The molecule has 9 nitrogen and oxygen atoms in total. The van der Waals surface area contributed by atoms with Gasteiger partial charge in [0.15, 0.2) is 0 Å². The normalized spacial score (nSPS) is 17.2. The third kappa shape index (κ3) is 10.1. The van der Waals surface area contributed by atoms with Crippen molar-refractivity contribution in [3.05, 3.63) is 125 Å². The highest BCUT2D eigenvalue weighted by Crippen LogP contribution is 2.36. The smallest absolute Gasteiger partial charge is 0.338 e. The van der Waals surface area contributed by atoms with Gasteiger partial charge in [-0.3, -0.25) is 8.51 Å². The third-order valence-corrected chi connectivity index (χ3v) is 9.18. The molecule has 0 spiro atoms. The molecule has 0 bridgehead atoms. The molecule has 4 aromatic rings. The summed E-state index contributed by atoms with van der Waals surface area (Å²) in [6.45, 7) is 2.96. The van der Waals surface area contributed by atoms with Gasteiger partial charge in [-0.25, -0.2) is 4.79 Å². The molecule has 1 saturated carbocycles. The SMILES string of the molecule is CCOC(=O)c1ccc(C2CCC(NC[C@H](O)COc3ccc(OCc4ccccc4)c(N(Cc4ccccc4)S(=O)[O-])c3)CC2)cc1. The first-order chi connectivity index (χ1) is 23.4. The van der Waals surface area contributed by atoms with E-state index in [1.807, 2.05) is 84.9 Å². The number of anilines is 1. The summed E-state index contributed by atoms with van der Waals surface area (Å²) in [6, 6.07) is 32.1. The summed E-state index contributed by atoms with van der Waals surface area (Å²) in [4.78, 5) is 12.0. The summed E-state index contributed by atoms with van der Waals surface area (Å²) in [5.41, 5.74) is 3.93. The molecule has 0 radical (unpaired) electrons. The van der Waals surface area contributed by atoms with Gasteiger partial charge in [-0.2, -0.15) is 0 Å². The second kappa shape index (κ2) is 17.8. The van der Waals surface area contributed by atoms with Crippen LogP contribution in [-0.4, -0.2) is 51.7 Å². The number of carbonyl (C=O) groups is 1. The molecule has 1 unspecified atom stereocenters. The van der Waals surface area contributed by atoms with Crippen molar-refractivity contribution in [3.63, 3.8) is 0 Å². The zero-order valence-electron chi connectivity index (χ0n) is 27.2. The summed E-state index contributed by atoms with van der Waals surface area (Å²) in [5.74, 6) is 0.966. The van der Waals surface area contributed by atoms with Crippen molar-refractivity contribution in [3.8, 4) is 11.5 Å². The average Bonchev–Trinajstić information content (AvgIpc) is 3.12. The Bertz CT molecular complexity index is 1600. The number of nitrogens with zero attached hydrogens (tertiary/aromatic N) is 1. The highest BCUT2D eigenvalue weighted by Gasteiger charge is 2.23. The summed E-state index contributed by atoms with van der Waals surface area (Å²) in [5, 5.41) is 14.2. The van der Waals surface area contributed by atoms with Gasteiger partial charge >= 0.3 is 5.97 Å². The number of rotatable bonds is 16. The van der Waals surface area contributed by atoms with E-state index in [0.29, 0.717) is 47.9 Å². The van der Waals surface area contributed by atoms with Crippen molar-refractivity contribution in [2.24, 2.45) is 0 Å². The molecule has 0 amide bonds. The van der Waals surface area contributed by atoms with Gasteiger partial charge in [0.25, 0.3) is 0 Å². The van der Waals surface area contributed by atoms with Crippen molar-refractivity contribution in [1.29, 1.82) is 0 Å².